The number of hydrogen-bond donors (Lipinski definition) is 0. The van der Waals surface area contributed by atoms with Gasteiger partial charge < -0.3 is 0 Å². The van der Waals surface area contributed by atoms with Gasteiger partial charge in [0.25, 0.3) is 5.56 Å². The van der Waals surface area contributed by atoms with Crippen LogP contribution in [0.2, 0.25) is 0 Å². The van der Waals surface area contributed by atoms with Crippen LogP contribution in [0.1, 0.15) is 11.3 Å². The van der Waals surface area contributed by atoms with Gasteiger partial charge in [-0.25, -0.2) is 9.37 Å². The van der Waals surface area contributed by atoms with E-state index in [1.54, 1.807) is 29.7 Å². The molecular formula is C25H21FN2O. The minimum Gasteiger partial charge on any atom is -0.292 e. The summed E-state index contributed by atoms with van der Waals surface area (Å²) in [5.41, 5.74) is 3.25. The van der Waals surface area contributed by atoms with E-state index in [2.05, 4.69) is 4.98 Å². The van der Waals surface area contributed by atoms with Crippen molar-refractivity contribution in [1.29, 1.82) is 0 Å². The maximum absolute atomic E-state index is 14.6. The van der Waals surface area contributed by atoms with E-state index in [1.165, 1.54) is 6.07 Å². The standard InChI is InChI=1S/C25H21FN2O/c1-18-23(20-12-6-3-7-13-20)25(29)28(17-16-19-10-4-2-5-11-19)24(27-18)21-14-8-9-15-22(21)26/h2-15H,16-17H2,1H3. The van der Waals surface area contributed by atoms with Gasteiger partial charge in [-0.05, 0) is 36.6 Å². The smallest absolute Gasteiger partial charge is 0.261 e. The second kappa shape index (κ2) is 8.23. The fourth-order valence-corrected chi connectivity index (χ4v) is 3.54. The van der Waals surface area contributed by atoms with Gasteiger partial charge in [-0.2, -0.15) is 0 Å². The maximum Gasteiger partial charge on any atom is 0.261 e. The molecule has 0 N–H and O–H groups in total. The Bertz CT molecular complexity index is 1180. The molecule has 4 heteroatoms. The molecule has 0 fully saturated rings. The van der Waals surface area contributed by atoms with Gasteiger partial charge in [0.2, 0.25) is 0 Å². The largest absolute Gasteiger partial charge is 0.292 e. The Kier molecular flexibility index (Phi) is 5.34. The van der Waals surface area contributed by atoms with E-state index in [0.717, 1.165) is 11.1 Å². The highest BCUT2D eigenvalue weighted by Crippen LogP contribution is 2.24. The highest BCUT2D eigenvalue weighted by molar-refractivity contribution is 5.67. The Balaban J connectivity index is 1.89. The topological polar surface area (TPSA) is 34.9 Å². The molecule has 0 aliphatic rings. The number of nitrogens with zero attached hydrogens (tertiary/aromatic N) is 2. The quantitative estimate of drug-likeness (QED) is 0.470. The second-order valence-electron chi connectivity index (χ2n) is 6.93. The fourth-order valence-electron chi connectivity index (χ4n) is 3.54. The maximum atomic E-state index is 14.6. The van der Waals surface area contributed by atoms with Gasteiger partial charge in [-0.1, -0.05) is 72.8 Å². The Morgan fingerprint density at radius 1 is 0.862 bits per heavy atom. The summed E-state index contributed by atoms with van der Waals surface area (Å²) in [6.45, 7) is 2.22. The van der Waals surface area contributed by atoms with Crippen LogP contribution in [0.25, 0.3) is 22.5 Å². The zero-order valence-corrected chi connectivity index (χ0v) is 16.2. The summed E-state index contributed by atoms with van der Waals surface area (Å²) in [4.78, 5) is 18.2. The molecule has 0 atom stereocenters. The molecule has 4 rings (SSSR count). The zero-order chi connectivity index (χ0) is 20.2. The molecule has 0 saturated carbocycles. The molecule has 0 unspecified atom stereocenters. The molecule has 144 valence electrons. The van der Waals surface area contributed by atoms with Gasteiger partial charge in [-0.15, -0.1) is 0 Å². The molecule has 0 spiro atoms. The van der Waals surface area contributed by atoms with Crippen LogP contribution in [-0.4, -0.2) is 9.55 Å². The Morgan fingerprint density at radius 3 is 2.17 bits per heavy atom. The molecule has 0 aliphatic carbocycles. The highest BCUT2D eigenvalue weighted by atomic mass is 19.1. The molecule has 29 heavy (non-hydrogen) atoms. The third-order valence-corrected chi connectivity index (χ3v) is 4.99. The van der Waals surface area contributed by atoms with E-state index in [0.29, 0.717) is 35.6 Å². The van der Waals surface area contributed by atoms with Crippen LogP contribution in [0.4, 0.5) is 4.39 Å². The normalized spacial score (nSPS) is 10.8. The van der Waals surface area contributed by atoms with Crippen molar-refractivity contribution < 1.29 is 4.39 Å². The summed E-state index contributed by atoms with van der Waals surface area (Å²) < 4.78 is 16.1. The summed E-state index contributed by atoms with van der Waals surface area (Å²) in [6.07, 6.45) is 0.654. The van der Waals surface area contributed by atoms with Crippen molar-refractivity contribution in [2.75, 3.05) is 0 Å². The lowest BCUT2D eigenvalue weighted by atomic mass is 10.0. The van der Waals surface area contributed by atoms with Crippen molar-refractivity contribution in [3.63, 3.8) is 0 Å². The molecule has 3 aromatic carbocycles. The number of rotatable bonds is 5. The van der Waals surface area contributed by atoms with Crippen molar-refractivity contribution in [1.82, 2.24) is 9.55 Å². The first-order valence-electron chi connectivity index (χ1n) is 9.61. The average Bonchev–Trinajstić information content (AvgIpc) is 2.75. The first-order chi connectivity index (χ1) is 14.1. The van der Waals surface area contributed by atoms with Gasteiger partial charge in [0.1, 0.15) is 11.6 Å². The Labute approximate surface area is 169 Å². The van der Waals surface area contributed by atoms with E-state index in [9.17, 15) is 9.18 Å². The minimum absolute atomic E-state index is 0.155. The molecule has 1 heterocycles. The number of hydrogen-bond acceptors (Lipinski definition) is 2. The van der Waals surface area contributed by atoms with E-state index < -0.39 is 0 Å². The van der Waals surface area contributed by atoms with Crippen LogP contribution in [0.15, 0.2) is 89.7 Å². The van der Waals surface area contributed by atoms with E-state index in [-0.39, 0.29) is 11.4 Å². The van der Waals surface area contributed by atoms with Gasteiger partial charge in [0.15, 0.2) is 0 Å². The number of aromatic nitrogens is 2. The molecule has 3 nitrogen and oxygen atoms in total. The molecule has 0 amide bonds. The SMILES string of the molecule is Cc1nc(-c2ccccc2F)n(CCc2ccccc2)c(=O)c1-c1ccccc1. The van der Waals surface area contributed by atoms with E-state index in [1.807, 2.05) is 60.7 Å². The van der Waals surface area contributed by atoms with Crippen molar-refractivity contribution in [2.45, 2.75) is 19.9 Å². The third-order valence-electron chi connectivity index (χ3n) is 4.99. The zero-order valence-electron chi connectivity index (χ0n) is 16.2. The predicted octanol–water partition coefficient (Wildman–Crippen LogP) is 5.27. The predicted molar refractivity (Wildman–Crippen MR) is 114 cm³/mol. The van der Waals surface area contributed by atoms with Crippen LogP contribution in [0.3, 0.4) is 0 Å². The van der Waals surface area contributed by atoms with Crippen LogP contribution in [-0.2, 0) is 13.0 Å². The molecule has 4 aromatic rings. The van der Waals surface area contributed by atoms with Crippen molar-refractivity contribution in [2.24, 2.45) is 0 Å². The van der Waals surface area contributed by atoms with Crippen LogP contribution >= 0.6 is 0 Å². The van der Waals surface area contributed by atoms with Gasteiger partial charge in [0, 0.05) is 6.54 Å². The number of halogens is 1. The molecule has 0 bridgehead atoms. The van der Waals surface area contributed by atoms with Crippen molar-refractivity contribution in [3.8, 4) is 22.5 Å². The van der Waals surface area contributed by atoms with Crippen molar-refractivity contribution in [3.05, 3.63) is 112 Å². The summed E-state index contributed by atoms with van der Waals surface area (Å²) in [6, 6.07) is 25.9. The van der Waals surface area contributed by atoms with Gasteiger partial charge >= 0.3 is 0 Å². The minimum atomic E-state index is -0.389. The third kappa shape index (κ3) is 3.87. The summed E-state index contributed by atoms with van der Waals surface area (Å²) in [5, 5.41) is 0. The van der Waals surface area contributed by atoms with E-state index in [4.69, 9.17) is 0 Å². The van der Waals surface area contributed by atoms with Crippen molar-refractivity contribution >= 4 is 0 Å². The molecule has 0 aliphatic heterocycles. The first kappa shape index (κ1) is 18.8. The highest BCUT2D eigenvalue weighted by Gasteiger charge is 2.18. The summed E-state index contributed by atoms with van der Waals surface area (Å²) in [7, 11) is 0. The molecular weight excluding hydrogens is 363 g/mol. The Morgan fingerprint density at radius 2 is 1.48 bits per heavy atom. The lowest BCUT2D eigenvalue weighted by Gasteiger charge is -2.17. The Hall–Kier alpha value is -3.53. The average molecular weight is 384 g/mol. The van der Waals surface area contributed by atoms with Crippen LogP contribution in [0.5, 0.6) is 0 Å². The van der Waals surface area contributed by atoms with Gasteiger partial charge in [-0.3, -0.25) is 9.36 Å². The fraction of sp³-hybridized carbons (Fsp3) is 0.120. The summed E-state index contributed by atoms with van der Waals surface area (Å²) in [5.74, 6) is -0.0269. The molecule has 0 radical (unpaired) electrons. The lowest BCUT2D eigenvalue weighted by molar-refractivity contribution is 0.618. The monoisotopic (exact) mass is 384 g/mol. The summed E-state index contributed by atoms with van der Waals surface area (Å²) >= 11 is 0. The first-order valence-corrected chi connectivity index (χ1v) is 9.61. The lowest BCUT2D eigenvalue weighted by Crippen LogP contribution is -2.27. The second-order valence-corrected chi connectivity index (χ2v) is 6.93. The van der Waals surface area contributed by atoms with E-state index >= 15 is 0 Å². The van der Waals surface area contributed by atoms with Crippen LogP contribution in [0, 0.1) is 12.7 Å². The number of benzene rings is 3. The number of aryl methyl sites for hydroxylation is 2. The molecule has 0 saturated heterocycles. The van der Waals surface area contributed by atoms with Crippen LogP contribution < -0.4 is 5.56 Å². The van der Waals surface area contributed by atoms with Gasteiger partial charge in [0.05, 0.1) is 16.8 Å². The molecule has 1 aromatic heterocycles.